The molecular weight excluding hydrogens is 270 g/mol. The molecule has 0 spiro atoms. The summed E-state index contributed by atoms with van der Waals surface area (Å²) in [5.74, 6) is 0. The third-order valence-corrected chi connectivity index (χ3v) is 4.32. The molecule has 2 heterocycles. The second kappa shape index (κ2) is 6.76. The van der Waals surface area contributed by atoms with Crippen LogP contribution in [0.4, 0.5) is 5.69 Å². The zero-order valence-electron chi connectivity index (χ0n) is 11.3. The van der Waals surface area contributed by atoms with E-state index in [1.807, 2.05) is 0 Å². The lowest BCUT2D eigenvalue weighted by Crippen LogP contribution is -2.39. The Morgan fingerprint density at radius 2 is 2.15 bits per heavy atom. The SMILES string of the molecule is c1n[nH]c(Sc2ccc(NCC3CCCCN3)cc2)n1. The molecule has 1 fully saturated rings. The first-order chi connectivity index (χ1) is 9.90. The first kappa shape index (κ1) is 13.5. The van der Waals surface area contributed by atoms with E-state index >= 15 is 0 Å². The first-order valence-corrected chi connectivity index (χ1v) is 7.82. The van der Waals surface area contributed by atoms with Gasteiger partial charge in [-0.05, 0) is 43.7 Å². The summed E-state index contributed by atoms with van der Waals surface area (Å²) in [6.07, 6.45) is 5.44. The Labute approximate surface area is 123 Å². The van der Waals surface area contributed by atoms with Crippen molar-refractivity contribution >= 4 is 17.4 Å². The van der Waals surface area contributed by atoms with Crippen molar-refractivity contribution in [2.45, 2.75) is 35.4 Å². The highest BCUT2D eigenvalue weighted by molar-refractivity contribution is 7.99. The summed E-state index contributed by atoms with van der Waals surface area (Å²) in [5, 5.41) is 14.5. The Bertz CT molecular complexity index is 505. The van der Waals surface area contributed by atoms with E-state index < -0.39 is 0 Å². The molecule has 1 aromatic carbocycles. The Morgan fingerprint density at radius 3 is 2.85 bits per heavy atom. The molecular formula is C14H19N5S. The van der Waals surface area contributed by atoms with Gasteiger partial charge < -0.3 is 10.6 Å². The number of aromatic amines is 1. The number of hydrogen-bond donors (Lipinski definition) is 3. The molecule has 0 saturated carbocycles. The van der Waals surface area contributed by atoms with Gasteiger partial charge in [0.25, 0.3) is 0 Å². The number of benzene rings is 1. The molecule has 3 rings (SSSR count). The van der Waals surface area contributed by atoms with Crippen LogP contribution in [0.5, 0.6) is 0 Å². The Kier molecular flexibility index (Phi) is 4.55. The summed E-state index contributed by atoms with van der Waals surface area (Å²) in [5.41, 5.74) is 1.17. The summed E-state index contributed by atoms with van der Waals surface area (Å²) in [4.78, 5) is 5.26. The minimum absolute atomic E-state index is 0.604. The molecule has 0 amide bonds. The van der Waals surface area contributed by atoms with Gasteiger partial charge in [-0.25, -0.2) is 4.98 Å². The monoisotopic (exact) mass is 289 g/mol. The molecule has 0 bridgehead atoms. The molecule has 1 saturated heterocycles. The van der Waals surface area contributed by atoms with Crippen molar-refractivity contribution in [3.8, 4) is 0 Å². The second-order valence-corrected chi connectivity index (χ2v) is 6.01. The number of H-pyrrole nitrogens is 1. The fraction of sp³-hybridized carbons (Fsp3) is 0.429. The molecule has 5 nitrogen and oxygen atoms in total. The normalized spacial score (nSPS) is 18.9. The molecule has 1 unspecified atom stereocenters. The maximum Gasteiger partial charge on any atom is 0.188 e. The van der Waals surface area contributed by atoms with E-state index in [0.29, 0.717) is 6.04 Å². The summed E-state index contributed by atoms with van der Waals surface area (Å²) in [6.45, 7) is 2.15. The van der Waals surface area contributed by atoms with E-state index in [1.165, 1.54) is 31.3 Å². The van der Waals surface area contributed by atoms with Gasteiger partial charge in [-0.1, -0.05) is 18.2 Å². The van der Waals surface area contributed by atoms with Gasteiger partial charge in [0, 0.05) is 23.2 Å². The van der Waals surface area contributed by atoms with Gasteiger partial charge in [-0.2, -0.15) is 5.10 Å². The average Bonchev–Trinajstić information content (AvgIpc) is 3.01. The number of aromatic nitrogens is 3. The van der Waals surface area contributed by atoms with Crippen LogP contribution in [0.25, 0.3) is 0 Å². The van der Waals surface area contributed by atoms with Gasteiger partial charge in [0.2, 0.25) is 0 Å². The van der Waals surface area contributed by atoms with Crippen molar-refractivity contribution in [1.82, 2.24) is 20.5 Å². The molecule has 20 heavy (non-hydrogen) atoms. The molecule has 106 valence electrons. The zero-order valence-corrected chi connectivity index (χ0v) is 12.1. The van der Waals surface area contributed by atoms with Gasteiger partial charge >= 0.3 is 0 Å². The number of rotatable bonds is 5. The predicted octanol–water partition coefficient (Wildman–Crippen LogP) is 2.51. The lowest BCUT2D eigenvalue weighted by atomic mass is 10.1. The molecule has 3 N–H and O–H groups in total. The van der Waals surface area contributed by atoms with Crippen LogP contribution in [0, 0.1) is 0 Å². The van der Waals surface area contributed by atoms with E-state index in [4.69, 9.17) is 0 Å². The van der Waals surface area contributed by atoms with E-state index in [-0.39, 0.29) is 0 Å². The van der Waals surface area contributed by atoms with Crippen LogP contribution >= 0.6 is 11.8 Å². The summed E-state index contributed by atoms with van der Waals surface area (Å²) >= 11 is 1.58. The largest absolute Gasteiger partial charge is 0.383 e. The van der Waals surface area contributed by atoms with Crippen molar-refractivity contribution in [3.05, 3.63) is 30.6 Å². The number of hydrogen-bond acceptors (Lipinski definition) is 5. The second-order valence-electron chi connectivity index (χ2n) is 4.94. The standard InChI is InChI=1S/C14H19N5S/c1-2-8-15-12(3-1)9-16-11-4-6-13(7-5-11)20-14-17-10-18-19-14/h4-7,10,12,15-16H,1-3,8-9H2,(H,17,18,19). The highest BCUT2D eigenvalue weighted by atomic mass is 32.2. The van der Waals surface area contributed by atoms with Crippen LogP contribution in [-0.2, 0) is 0 Å². The number of nitrogens with one attached hydrogen (secondary N) is 3. The predicted molar refractivity (Wildman–Crippen MR) is 81.1 cm³/mol. The Balaban J connectivity index is 1.50. The fourth-order valence-electron chi connectivity index (χ4n) is 2.34. The minimum atomic E-state index is 0.604. The maximum absolute atomic E-state index is 4.10. The smallest absolute Gasteiger partial charge is 0.188 e. The van der Waals surface area contributed by atoms with Crippen molar-refractivity contribution in [1.29, 1.82) is 0 Å². The number of anilines is 1. The third kappa shape index (κ3) is 3.74. The molecule has 1 aliphatic rings. The Morgan fingerprint density at radius 1 is 1.25 bits per heavy atom. The quantitative estimate of drug-likeness (QED) is 0.789. The zero-order chi connectivity index (χ0) is 13.6. The summed E-state index contributed by atoms with van der Waals surface area (Å²) in [6, 6.07) is 9.03. The molecule has 6 heteroatoms. The molecule has 2 aromatic rings. The van der Waals surface area contributed by atoms with Crippen LogP contribution < -0.4 is 10.6 Å². The summed E-state index contributed by atoms with van der Waals surface area (Å²) in [7, 11) is 0. The van der Waals surface area contributed by atoms with Crippen molar-refractivity contribution in [2.75, 3.05) is 18.4 Å². The van der Waals surface area contributed by atoms with E-state index in [0.717, 1.165) is 23.1 Å². The van der Waals surface area contributed by atoms with Crippen molar-refractivity contribution in [3.63, 3.8) is 0 Å². The van der Waals surface area contributed by atoms with Gasteiger partial charge in [-0.15, -0.1) is 0 Å². The third-order valence-electron chi connectivity index (χ3n) is 3.43. The van der Waals surface area contributed by atoms with Gasteiger partial charge in [0.1, 0.15) is 6.33 Å². The first-order valence-electron chi connectivity index (χ1n) is 7.01. The van der Waals surface area contributed by atoms with E-state index in [2.05, 4.69) is 50.1 Å². The lowest BCUT2D eigenvalue weighted by molar-refractivity contribution is 0.414. The maximum atomic E-state index is 4.10. The molecule has 0 radical (unpaired) electrons. The highest BCUT2D eigenvalue weighted by Crippen LogP contribution is 2.25. The van der Waals surface area contributed by atoms with Crippen LogP contribution in [0.1, 0.15) is 19.3 Å². The number of nitrogens with zero attached hydrogens (tertiary/aromatic N) is 2. The molecule has 1 atom stereocenters. The van der Waals surface area contributed by atoms with E-state index in [1.54, 1.807) is 11.8 Å². The molecule has 0 aliphatic carbocycles. The van der Waals surface area contributed by atoms with Gasteiger partial charge in [0.05, 0.1) is 0 Å². The van der Waals surface area contributed by atoms with Crippen LogP contribution in [0.2, 0.25) is 0 Å². The van der Waals surface area contributed by atoms with Crippen LogP contribution in [0.3, 0.4) is 0 Å². The Hall–Kier alpha value is -1.53. The van der Waals surface area contributed by atoms with Crippen LogP contribution in [-0.4, -0.2) is 34.3 Å². The van der Waals surface area contributed by atoms with Crippen LogP contribution in [0.15, 0.2) is 40.6 Å². The van der Waals surface area contributed by atoms with Gasteiger partial charge in [-0.3, -0.25) is 5.10 Å². The molecule has 1 aromatic heterocycles. The molecule has 1 aliphatic heterocycles. The van der Waals surface area contributed by atoms with Crippen molar-refractivity contribution in [2.24, 2.45) is 0 Å². The van der Waals surface area contributed by atoms with Crippen molar-refractivity contribution < 1.29 is 0 Å². The topological polar surface area (TPSA) is 65.6 Å². The lowest BCUT2D eigenvalue weighted by Gasteiger charge is -2.24. The number of piperidine rings is 1. The minimum Gasteiger partial charge on any atom is -0.383 e. The highest BCUT2D eigenvalue weighted by Gasteiger charge is 2.11. The van der Waals surface area contributed by atoms with E-state index in [9.17, 15) is 0 Å². The fourth-order valence-corrected chi connectivity index (χ4v) is 3.03. The summed E-state index contributed by atoms with van der Waals surface area (Å²) < 4.78 is 0. The average molecular weight is 289 g/mol. The van der Waals surface area contributed by atoms with Gasteiger partial charge in [0.15, 0.2) is 5.16 Å².